The number of aromatic amines is 1. The number of fused-ring (bicyclic) bond motifs is 1. The Morgan fingerprint density at radius 2 is 1.78 bits per heavy atom. The summed E-state index contributed by atoms with van der Waals surface area (Å²) in [4.78, 5) is 7.32. The number of pyridine rings is 1. The van der Waals surface area contributed by atoms with Crippen LogP contribution in [-0.4, -0.2) is 27.1 Å². The highest BCUT2D eigenvalue weighted by molar-refractivity contribution is 6.64. The molecule has 0 aliphatic heterocycles. The minimum absolute atomic E-state index is 0.462. The summed E-state index contributed by atoms with van der Waals surface area (Å²) >= 11 is 0. The zero-order chi connectivity index (χ0) is 12.5. The maximum Gasteiger partial charge on any atom is 0.491 e. The molecule has 3 aromatic rings. The number of hydrogen-bond acceptors (Lipinski definition) is 3. The average molecular weight is 238 g/mol. The fraction of sp³-hybridized carbons (Fsp3) is 0. The van der Waals surface area contributed by atoms with E-state index in [1.165, 1.54) is 0 Å². The van der Waals surface area contributed by atoms with E-state index in [9.17, 15) is 10.0 Å². The lowest BCUT2D eigenvalue weighted by Gasteiger charge is -2.03. The smallest absolute Gasteiger partial charge is 0.423 e. The van der Waals surface area contributed by atoms with Gasteiger partial charge in [0.25, 0.3) is 0 Å². The maximum atomic E-state index is 9.56. The predicted molar refractivity (Wildman–Crippen MR) is 71.4 cm³/mol. The normalized spacial score (nSPS) is 10.8. The van der Waals surface area contributed by atoms with Crippen molar-refractivity contribution < 1.29 is 10.0 Å². The third kappa shape index (κ3) is 1.70. The molecule has 0 saturated carbocycles. The van der Waals surface area contributed by atoms with E-state index in [4.69, 9.17) is 0 Å². The van der Waals surface area contributed by atoms with Gasteiger partial charge in [0.05, 0.1) is 0 Å². The van der Waals surface area contributed by atoms with E-state index in [0.717, 1.165) is 10.9 Å². The largest absolute Gasteiger partial charge is 0.491 e. The van der Waals surface area contributed by atoms with Crippen molar-refractivity contribution in [3.8, 4) is 11.3 Å². The molecule has 5 heteroatoms. The molecule has 2 heterocycles. The molecule has 0 fully saturated rings. The van der Waals surface area contributed by atoms with Crippen molar-refractivity contribution in [2.24, 2.45) is 0 Å². The van der Waals surface area contributed by atoms with Crippen LogP contribution in [0.5, 0.6) is 0 Å². The van der Waals surface area contributed by atoms with Crippen molar-refractivity contribution >= 4 is 23.6 Å². The van der Waals surface area contributed by atoms with Crippen molar-refractivity contribution in [3.05, 3.63) is 48.7 Å². The van der Waals surface area contributed by atoms with E-state index in [1.54, 1.807) is 12.3 Å². The predicted octanol–water partition coefficient (Wildman–Crippen LogP) is 0.910. The summed E-state index contributed by atoms with van der Waals surface area (Å²) < 4.78 is 0. The minimum Gasteiger partial charge on any atom is -0.423 e. The Balaban J connectivity index is 2.32. The van der Waals surface area contributed by atoms with Crippen LogP contribution in [0.4, 0.5) is 0 Å². The molecule has 4 nitrogen and oxygen atoms in total. The fourth-order valence-corrected chi connectivity index (χ4v) is 2.14. The third-order valence-corrected chi connectivity index (χ3v) is 2.93. The first-order valence-corrected chi connectivity index (χ1v) is 5.65. The average Bonchev–Trinajstić information content (AvgIpc) is 2.79. The number of nitrogens with zero attached hydrogens (tertiary/aromatic N) is 1. The van der Waals surface area contributed by atoms with Crippen molar-refractivity contribution in [1.29, 1.82) is 0 Å². The molecule has 0 aliphatic rings. The van der Waals surface area contributed by atoms with Crippen LogP contribution < -0.4 is 5.46 Å². The summed E-state index contributed by atoms with van der Waals surface area (Å²) in [5.74, 6) is 0. The molecular weight excluding hydrogens is 227 g/mol. The Hall–Kier alpha value is -2.11. The van der Waals surface area contributed by atoms with E-state index >= 15 is 0 Å². The molecule has 3 rings (SSSR count). The second-order valence-corrected chi connectivity index (χ2v) is 4.05. The van der Waals surface area contributed by atoms with Crippen molar-refractivity contribution in [2.45, 2.75) is 0 Å². The molecule has 2 aromatic heterocycles. The van der Waals surface area contributed by atoms with Gasteiger partial charge in [-0.15, -0.1) is 0 Å². The van der Waals surface area contributed by atoms with Crippen LogP contribution in [0.15, 0.2) is 48.7 Å². The second-order valence-electron chi connectivity index (χ2n) is 4.05. The standard InChI is InChI=1S/C13H11BN2O2/c17-14(18)11-10-7-4-8-15-13(10)16-12(11)9-5-2-1-3-6-9/h1-8,17-18H,(H,15,16). The number of aromatic nitrogens is 2. The van der Waals surface area contributed by atoms with Gasteiger partial charge in [-0.05, 0) is 11.6 Å². The third-order valence-electron chi connectivity index (χ3n) is 2.93. The second kappa shape index (κ2) is 4.29. The number of H-pyrrole nitrogens is 1. The van der Waals surface area contributed by atoms with Gasteiger partial charge >= 0.3 is 7.12 Å². The molecule has 88 valence electrons. The van der Waals surface area contributed by atoms with Gasteiger partial charge < -0.3 is 15.0 Å². The summed E-state index contributed by atoms with van der Waals surface area (Å²) in [6.07, 6.45) is 1.67. The number of benzene rings is 1. The summed E-state index contributed by atoms with van der Waals surface area (Å²) in [6, 6.07) is 13.1. The molecule has 0 aliphatic carbocycles. The van der Waals surface area contributed by atoms with Gasteiger partial charge in [-0.1, -0.05) is 36.4 Å². The van der Waals surface area contributed by atoms with Crippen LogP contribution in [0.3, 0.4) is 0 Å². The van der Waals surface area contributed by atoms with Crippen LogP contribution in [0.25, 0.3) is 22.3 Å². The van der Waals surface area contributed by atoms with Crippen LogP contribution in [0.2, 0.25) is 0 Å². The minimum atomic E-state index is -1.53. The summed E-state index contributed by atoms with van der Waals surface area (Å²) in [5, 5.41) is 19.8. The van der Waals surface area contributed by atoms with Crippen LogP contribution in [-0.2, 0) is 0 Å². The molecule has 0 unspecified atom stereocenters. The van der Waals surface area contributed by atoms with E-state index in [-0.39, 0.29) is 0 Å². The van der Waals surface area contributed by atoms with E-state index < -0.39 is 7.12 Å². The highest BCUT2D eigenvalue weighted by Crippen LogP contribution is 2.20. The molecule has 3 N–H and O–H groups in total. The lowest BCUT2D eigenvalue weighted by atomic mass is 9.77. The molecule has 18 heavy (non-hydrogen) atoms. The van der Waals surface area contributed by atoms with Gasteiger partial charge in [0.1, 0.15) is 5.65 Å². The first-order chi connectivity index (χ1) is 8.77. The first kappa shape index (κ1) is 11.0. The highest BCUT2D eigenvalue weighted by atomic mass is 16.4. The van der Waals surface area contributed by atoms with Gasteiger partial charge in [0.15, 0.2) is 0 Å². The molecule has 0 bridgehead atoms. The molecular formula is C13H11BN2O2. The molecule has 0 amide bonds. The lowest BCUT2D eigenvalue weighted by molar-refractivity contribution is 0.426. The Bertz CT molecular complexity index is 680. The van der Waals surface area contributed by atoms with Crippen LogP contribution in [0.1, 0.15) is 0 Å². The summed E-state index contributed by atoms with van der Waals surface area (Å²) in [6.45, 7) is 0. The SMILES string of the molecule is OB(O)c1c(-c2ccccc2)[nH]c2ncccc12. The molecule has 0 atom stereocenters. The van der Waals surface area contributed by atoms with E-state index in [1.807, 2.05) is 36.4 Å². The number of nitrogens with one attached hydrogen (secondary N) is 1. The maximum absolute atomic E-state index is 9.56. The fourth-order valence-electron chi connectivity index (χ4n) is 2.14. The van der Waals surface area contributed by atoms with Crippen LogP contribution >= 0.6 is 0 Å². The molecule has 1 aromatic carbocycles. The summed E-state index contributed by atoms with van der Waals surface area (Å²) in [5.41, 5.74) is 2.71. The lowest BCUT2D eigenvalue weighted by Crippen LogP contribution is -2.30. The molecule has 0 radical (unpaired) electrons. The Morgan fingerprint density at radius 3 is 2.50 bits per heavy atom. The van der Waals surface area contributed by atoms with E-state index in [2.05, 4.69) is 9.97 Å². The Morgan fingerprint density at radius 1 is 1.00 bits per heavy atom. The van der Waals surface area contributed by atoms with E-state index in [0.29, 0.717) is 16.8 Å². The quantitative estimate of drug-likeness (QED) is 0.581. The Kier molecular flexibility index (Phi) is 2.62. The molecule has 0 saturated heterocycles. The number of rotatable bonds is 2. The number of hydrogen-bond donors (Lipinski definition) is 3. The first-order valence-electron chi connectivity index (χ1n) is 5.65. The van der Waals surface area contributed by atoms with Crippen molar-refractivity contribution in [2.75, 3.05) is 0 Å². The zero-order valence-electron chi connectivity index (χ0n) is 9.54. The van der Waals surface area contributed by atoms with Gasteiger partial charge in [-0.25, -0.2) is 4.98 Å². The Labute approximate surface area is 104 Å². The van der Waals surface area contributed by atoms with Gasteiger partial charge in [-0.2, -0.15) is 0 Å². The highest BCUT2D eigenvalue weighted by Gasteiger charge is 2.23. The van der Waals surface area contributed by atoms with Gasteiger partial charge in [0, 0.05) is 22.7 Å². The summed E-state index contributed by atoms with van der Waals surface area (Å²) in [7, 11) is -1.53. The monoisotopic (exact) mass is 238 g/mol. The van der Waals surface area contributed by atoms with Crippen LogP contribution in [0, 0.1) is 0 Å². The van der Waals surface area contributed by atoms with Gasteiger partial charge in [-0.3, -0.25) is 0 Å². The van der Waals surface area contributed by atoms with Crippen molar-refractivity contribution in [3.63, 3.8) is 0 Å². The van der Waals surface area contributed by atoms with Crippen molar-refractivity contribution in [1.82, 2.24) is 9.97 Å². The van der Waals surface area contributed by atoms with Gasteiger partial charge in [0.2, 0.25) is 0 Å². The molecule has 0 spiro atoms. The topological polar surface area (TPSA) is 69.1 Å². The zero-order valence-corrected chi connectivity index (χ0v) is 9.54.